The Balaban J connectivity index is 1.65. The zero-order chi connectivity index (χ0) is 25.3. The lowest BCUT2D eigenvalue weighted by Gasteiger charge is -2.60. The predicted octanol–water partition coefficient (Wildman–Crippen LogP) is 1.71. The van der Waals surface area contributed by atoms with E-state index in [0.717, 1.165) is 12.0 Å². The Hall–Kier alpha value is -0.830. The van der Waals surface area contributed by atoms with Crippen LogP contribution < -0.4 is 0 Å². The third-order valence-electron chi connectivity index (χ3n) is 10.7. The van der Waals surface area contributed by atoms with Crippen LogP contribution in [0.3, 0.4) is 0 Å². The van der Waals surface area contributed by atoms with Crippen LogP contribution in [0.4, 0.5) is 0 Å². The van der Waals surface area contributed by atoms with Gasteiger partial charge in [0.15, 0.2) is 5.78 Å². The number of ketones is 1. The summed E-state index contributed by atoms with van der Waals surface area (Å²) in [6, 6.07) is 0. The van der Waals surface area contributed by atoms with E-state index in [1.807, 2.05) is 20.8 Å². The number of carbonyl (C=O) groups excluding carboxylic acids is 1. The summed E-state index contributed by atoms with van der Waals surface area (Å²) in [5.74, 6) is -0.859. The number of aliphatic hydroxyl groups excluding tert-OH is 4. The largest absolute Gasteiger partial charge is 0.396 e. The first kappa shape index (κ1) is 26.2. The molecule has 0 radical (unpaired) electrons. The smallest absolute Gasteiger partial charge is 0.159 e. The highest BCUT2D eigenvalue weighted by molar-refractivity contribution is 5.95. The summed E-state index contributed by atoms with van der Waals surface area (Å²) in [4.78, 5) is 13.3. The fourth-order valence-corrected chi connectivity index (χ4v) is 8.37. The summed E-state index contributed by atoms with van der Waals surface area (Å²) in [6.45, 7) is 7.59. The van der Waals surface area contributed by atoms with Crippen molar-refractivity contribution in [3.63, 3.8) is 0 Å². The van der Waals surface area contributed by atoms with Crippen molar-refractivity contribution in [2.24, 2.45) is 34.5 Å². The molecule has 0 heterocycles. The number of hydrogen-bond acceptors (Lipinski definition) is 7. The molecule has 0 saturated heterocycles. The number of allylic oxidation sites excluding steroid dienone is 1. The van der Waals surface area contributed by atoms with Crippen molar-refractivity contribution in [2.45, 2.75) is 109 Å². The molecule has 7 nitrogen and oxygen atoms in total. The molecule has 7 heteroatoms. The molecule has 0 aromatic heterocycles. The van der Waals surface area contributed by atoms with Crippen LogP contribution in [0.2, 0.25) is 0 Å². The quantitative estimate of drug-likeness (QED) is 0.340. The number of hydrogen-bond donors (Lipinski definition) is 6. The average Bonchev–Trinajstić information content (AvgIpc) is 3.06. The number of aliphatic hydroxyl groups is 6. The van der Waals surface area contributed by atoms with E-state index in [0.29, 0.717) is 38.5 Å². The number of carbonyl (C=O) groups is 1. The Morgan fingerprint density at radius 2 is 1.79 bits per heavy atom. The monoisotopic (exact) mass is 480 g/mol. The molecule has 6 N–H and O–H groups in total. The fraction of sp³-hybridized carbons (Fsp3) is 0.889. The lowest BCUT2D eigenvalue weighted by molar-refractivity contribution is -0.176. The van der Waals surface area contributed by atoms with Crippen LogP contribution in [0.15, 0.2) is 11.6 Å². The van der Waals surface area contributed by atoms with Crippen molar-refractivity contribution in [2.75, 3.05) is 6.61 Å². The fourth-order valence-electron chi connectivity index (χ4n) is 8.37. The molecule has 0 amide bonds. The molecular weight excluding hydrogens is 436 g/mol. The van der Waals surface area contributed by atoms with Crippen molar-refractivity contribution >= 4 is 5.78 Å². The van der Waals surface area contributed by atoms with Gasteiger partial charge in [-0.2, -0.15) is 0 Å². The molecule has 11 unspecified atom stereocenters. The van der Waals surface area contributed by atoms with E-state index >= 15 is 0 Å². The Kier molecular flexibility index (Phi) is 6.66. The molecule has 0 aromatic rings. The van der Waals surface area contributed by atoms with Gasteiger partial charge in [-0.25, -0.2) is 0 Å². The SMILES string of the molecule is CC(CO)CCC(O)C(C)(O)C1CCC2(O)C3=CC(=O)C4CC(O)C(O)CC4(C)C3CCC12C. The topological polar surface area (TPSA) is 138 Å². The molecular formula is C27H44O7. The summed E-state index contributed by atoms with van der Waals surface area (Å²) >= 11 is 0. The van der Waals surface area contributed by atoms with Gasteiger partial charge >= 0.3 is 0 Å². The van der Waals surface area contributed by atoms with Gasteiger partial charge in [0.05, 0.1) is 29.5 Å². The molecule has 0 spiro atoms. The van der Waals surface area contributed by atoms with Gasteiger partial charge in [0.2, 0.25) is 0 Å². The molecule has 194 valence electrons. The summed E-state index contributed by atoms with van der Waals surface area (Å²) < 4.78 is 0. The first-order valence-electron chi connectivity index (χ1n) is 13.1. The highest BCUT2D eigenvalue weighted by Gasteiger charge is 2.69. The minimum absolute atomic E-state index is 0.0326. The Morgan fingerprint density at radius 3 is 2.44 bits per heavy atom. The van der Waals surface area contributed by atoms with Gasteiger partial charge < -0.3 is 30.6 Å². The molecule has 4 aliphatic rings. The van der Waals surface area contributed by atoms with Crippen molar-refractivity contribution in [1.29, 1.82) is 0 Å². The molecule has 4 aliphatic carbocycles. The molecule has 11 atom stereocenters. The second kappa shape index (κ2) is 8.63. The molecule has 3 saturated carbocycles. The predicted molar refractivity (Wildman–Crippen MR) is 127 cm³/mol. The number of fused-ring (bicyclic) bond motifs is 5. The van der Waals surface area contributed by atoms with Gasteiger partial charge in [0, 0.05) is 17.9 Å². The molecule has 0 aromatic carbocycles. The van der Waals surface area contributed by atoms with Gasteiger partial charge in [0.1, 0.15) is 0 Å². The minimum atomic E-state index is -1.42. The minimum Gasteiger partial charge on any atom is -0.396 e. The first-order chi connectivity index (χ1) is 15.7. The third kappa shape index (κ3) is 3.65. The van der Waals surface area contributed by atoms with E-state index in [2.05, 4.69) is 0 Å². The average molecular weight is 481 g/mol. The van der Waals surface area contributed by atoms with E-state index in [1.165, 1.54) is 0 Å². The zero-order valence-corrected chi connectivity index (χ0v) is 21.1. The normalized spacial score (nSPS) is 47.6. The molecule has 34 heavy (non-hydrogen) atoms. The van der Waals surface area contributed by atoms with Crippen LogP contribution in [0, 0.1) is 34.5 Å². The molecule has 0 aliphatic heterocycles. The molecule has 0 bridgehead atoms. The van der Waals surface area contributed by atoms with Gasteiger partial charge in [-0.05, 0) is 93.1 Å². The van der Waals surface area contributed by atoms with E-state index in [-0.39, 0.29) is 42.5 Å². The summed E-state index contributed by atoms with van der Waals surface area (Å²) in [5, 5.41) is 64.7. The van der Waals surface area contributed by atoms with Crippen LogP contribution in [-0.4, -0.2) is 72.5 Å². The van der Waals surface area contributed by atoms with Gasteiger partial charge in [0.25, 0.3) is 0 Å². The van der Waals surface area contributed by atoms with E-state index < -0.39 is 40.3 Å². The summed E-state index contributed by atoms with van der Waals surface area (Å²) in [5.41, 5.74) is -3.21. The second-order valence-corrected chi connectivity index (χ2v) is 12.7. The van der Waals surface area contributed by atoms with E-state index in [1.54, 1.807) is 13.0 Å². The Morgan fingerprint density at radius 1 is 1.12 bits per heavy atom. The lowest BCUT2D eigenvalue weighted by atomic mass is 9.45. The number of rotatable bonds is 6. The molecule has 4 rings (SSSR count). The van der Waals surface area contributed by atoms with E-state index in [9.17, 15) is 35.4 Å². The van der Waals surface area contributed by atoms with Crippen molar-refractivity contribution < 1.29 is 35.4 Å². The van der Waals surface area contributed by atoms with Crippen LogP contribution in [0.1, 0.15) is 79.1 Å². The second-order valence-electron chi connectivity index (χ2n) is 12.7. The van der Waals surface area contributed by atoms with Gasteiger partial charge in [-0.3, -0.25) is 4.79 Å². The summed E-state index contributed by atoms with van der Waals surface area (Å²) in [7, 11) is 0. The Labute approximate surface area is 202 Å². The van der Waals surface area contributed by atoms with Crippen LogP contribution in [-0.2, 0) is 4.79 Å². The molecule has 3 fully saturated rings. The summed E-state index contributed by atoms with van der Waals surface area (Å²) in [6.07, 6.45) is 2.65. The van der Waals surface area contributed by atoms with E-state index in [4.69, 9.17) is 0 Å². The van der Waals surface area contributed by atoms with Gasteiger partial charge in [-0.1, -0.05) is 20.8 Å². The lowest BCUT2D eigenvalue weighted by Crippen LogP contribution is -2.62. The van der Waals surface area contributed by atoms with Crippen molar-refractivity contribution in [3.8, 4) is 0 Å². The van der Waals surface area contributed by atoms with Crippen molar-refractivity contribution in [1.82, 2.24) is 0 Å². The van der Waals surface area contributed by atoms with Crippen molar-refractivity contribution in [3.05, 3.63) is 11.6 Å². The van der Waals surface area contributed by atoms with Crippen LogP contribution >= 0.6 is 0 Å². The third-order valence-corrected chi connectivity index (χ3v) is 10.7. The maximum Gasteiger partial charge on any atom is 0.159 e. The highest BCUT2D eigenvalue weighted by Crippen LogP contribution is 2.68. The van der Waals surface area contributed by atoms with Crippen LogP contribution in [0.25, 0.3) is 0 Å². The Bertz CT molecular complexity index is 839. The first-order valence-corrected chi connectivity index (χ1v) is 13.1. The highest BCUT2D eigenvalue weighted by atomic mass is 16.3. The van der Waals surface area contributed by atoms with Gasteiger partial charge in [-0.15, -0.1) is 0 Å². The standard InChI is InChI=1S/C27H44O7/c1-15(14-28)5-6-23(32)26(4,33)22-8-10-27(34)17-11-19(29)18-12-20(30)21(31)13-24(18,2)16(17)7-9-25(22,27)3/h11,15-16,18,20-23,28,30-34H,5-10,12-14H2,1-4H3. The van der Waals surface area contributed by atoms with Crippen LogP contribution in [0.5, 0.6) is 0 Å². The maximum atomic E-state index is 13.3. The maximum absolute atomic E-state index is 13.3. The zero-order valence-electron chi connectivity index (χ0n) is 21.1.